The molecule has 0 aliphatic heterocycles. The molecule has 2 aromatic rings. The maximum Gasteiger partial charge on any atom is 0.216 e. The number of aromatic amines is 1. The first-order chi connectivity index (χ1) is 11.1. The number of ether oxygens (including phenoxy) is 2. The lowest BCUT2D eigenvalue weighted by Gasteiger charge is -2.13. The molecule has 0 amide bonds. The van der Waals surface area contributed by atoms with Crippen LogP contribution in [-0.2, 0) is 0 Å². The third-order valence-corrected chi connectivity index (χ3v) is 3.46. The highest BCUT2D eigenvalue weighted by Gasteiger charge is 2.12. The standard InChI is InChI=1S/C15H19ClN4O2S/c1-4-6-22-14-12(16)7-11(8-13(14)21-5-2)9-17-20-10(3)18-19-15(20)23/h7-9H,4-6H2,1-3H3,(H,19,23)/b17-9-. The lowest BCUT2D eigenvalue weighted by molar-refractivity contribution is 0.277. The zero-order chi connectivity index (χ0) is 16.8. The topological polar surface area (TPSA) is 64.4 Å². The third-order valence-electron chi connectivity index (χ3n) is 2.92. The second-order valence-electron chi connectivity index (χ2n) is 4.74. The maximum atomic E-state index is 6.32. The Morgan fingerprint density at radius 1 is 1.39 bits per heavy atom. The summed E-state index contributed by atoms with van der Waals surface area (Å²) >= 11 is 11.4. The molecule has 6 nitrogen and oxygen atoms in total. The highest BCUT2D eigenvalue weighted by Crippen LogP contribution is 2.36. The smallest absolute Gasteiger partial charge is 0.216 e. The summed E-state index contributed by atoms with van der Waals surface area (Å²) in [5, 5.41) is 11.5. The van der Waals surface area contributed by atoms with Gasteiger partial charge in [0.15, 0.2) is 11.5 Å². The van der Waals surface area contributed by atoms with Crippen LogP contribution < -0.4 is 9.47 Å². The zero-order valence-corrected chi connectivity index (χ0v) is 14.9. The minimum Gasteiger partial charge on any atom is -0.490 e. The number of benzene rings is 1. The van der Waals surface area contributed by atoms with Gasteiger partial charge >= 0.3 is 0 Å². The molecular formula is C15H19ClN4O2S. The number of nitrogens with one attached hydrogen (secondary N) is 1. The van der Waals surface area contributed by atoms with Crippen LogP contribution in [0.2, 0.25) is 5.02 Å². The molecule has 124 valence electrons. The molecule has 0 aliphatic carbocycles. The van der Waals surface area contributed by atoms with Gasteiger partial charge in [0, 0.05) is 0 Å². The summed E-state index contributed by atoms with van der Waals surface area (Å²) < 4.78 is 13.3. The molecule has 0 aliphatic rings. The van der Waals surface area contributed by atoms with E-state index in [0.717, 1.165) is 12.0 Å². The van der Waals surface area contributed by atoms with Crippen molar-refractivity contribution in [3.8, 4) is 11.5 Å². The summed E-state index contributed by atoms with van der Waals surface area (Å²) in [6, 6.07) is 3.61. The largest absolute Gasteiger partial charge is 0.490 e. The van der Waals surface area contributed by atoms with E-state index in [0.29, 0.717) is 40.3 Å². The molecule has 0 spiro atoms. The van der Waals surface area contributed by atoms with E-state index in [1.54, 1.807) is 12.3 Å². The average molecular weight is 355 g/mol. The maximum absolute atomic E-state index is 6.32. The van der Waals surface area contributed by atoms with Gasteiger partial charge in [0.25, 0.3) is 0 Å². The minimum absolute atomic E-state index is 0.428. The van der Waals surface area contributed by atoms with Gasteiger partial charge in [-0.05, 0) is 50.2 Å². The summed E-state index contributed by atoms with van der Waals surface area (Å²) in [7, 11) is 0. The molecule has 1 heterocycles. The number of H-pyrrole nitrogens is 1. The molecule has 1 aromatic carbocycles. The first-order valence-electron chi connectivity index (χ1n) is 7.34. The molecule has 2 rings (SSSR count). The van der Waals surface area contributed by atoms with E-state index in [1.807, 2.05) is 26.8 Å². The van der Waals surface area contributed by atoms with E-state index < -0.39 is 0 Å². The van der Waals surface area contributed by atoms with E-state index >= 15 is 0 Å². The van der Waals surface area contributed by atoms with Gasteiger partial charge < -0.3 is 9.47 Å². The van der Waals surface area contributed by atoms with Crippen molar-refractivity contribution in [3.63, 3.8) is 0 Å². The summed E-state index contributed by atoms with van der Waals surface area (Å²) in [4.78, 5) is 0. The first-order valence-corrected chi connectivity index (χ1v) is 8.13. The van der Waals surface area contributed by atoms with Gasteiger partial charge in [0.2, 0.25) is 4.77 Å². The molecule has 0 saturated carbocycles. The predicted molar refractivity (Wildman–Crippen MR) is 93.5 cm³/mol. The van der Waals surface area contributed by atoms with Crippen LogP contribution in [0.25, 0.3) is 0 Å². The summed E-state index contributed by atoms with van der Waals surface area (Å²) in [5.41, 5.74) is 0.782. The highest BCUT2D eigenvalue weighted by atomic mass is 35.5. The van der Waals surface area contributed by atoms with Crippen LogP contribution in [0.1, 0.15) is 31.7 Å². The summed E-state index contributed by atoms with van der Waals surface area (Å²) in [6.07, 6.45) is 2.54. The molecule has 1 N–H and O–H groups in total. The van der Waals surface area contributed by atoms with Crippen molar-refractivity contribution in [2.24, 2.45) is 5.10 Å². The molecular weight excluding hydrogens is 336 g/mol. The Hall–Kier alpha value is -1.86. The fourth-order valence-electron chi connectivity index (χ4n) is 1.90. The van der Waals surface area contributed by atoms with E-state index in [4.69, 9.17) is 33.3 Å². The van der Waals surface area contributed by atoms with Crippen molar-refractivity contribution in [2.45, 2.75) is 27.2 Å². The average Bonchev–Trinajstić information content (AvgIpc) is 2.83. The monoisotopic (exact) mass is 354 g/mol. The first kappa shape index (κ1) is 17.5. The molecule has 0 fully saturated rings. The number of aryl methyl sites for hydroxylation is 1. The molecule has 8 heteroatoms. The lowest BCUT2D eigenvalue weighted by Crippen LogP contribution is -2.02. The quantitative estimate of drug-likeness (QED) is 0.603. The van der Waals surface area contributed by atoms with Gasteiger partial charge in [-0.3, -0.25) is 5.10 Å². The van der Waals surface area contributed by atoms with E-state index in [2.05, 4.69) is 15.3 Å². The van der Waals surface area contributed by atoms with Crippen LogP contribution in [0.3, 0.4) is 0 Å². The van der Waals surface area contributed by atoms with Gasteiger partial charge in [-0.25, -0.2) is 0 Å². The Balaban J connectivity index is 2.34. The van der Waals surface area contributed by atoms with Crippen molar-refractivity contribution < 1.29 is 9.47 Å². The van der Waals surface area contributed by atoms with E-state index in [1.165, 1.54) is 4.68 Å². The van der Waals surface area contributed by atoms with Gasteiger partial charge in [-0.2, -0.15) is 14.9 Å². The van der Waals surface area contributed by atoms with Crippen molar-refractivity contribution >= 4 is 30.0 Å². The van der Waals surface area contributed by atoms with Crippen LogP contribution in [0.15, 0.2) is 17.2 Å². The summed E-state index contributed by atoms with van der Waals surface area (Å²) in [6.45, 7) is 6.85. The van der Waals surface area contributed by atoms with Gasteiger partial charge in [-0.1, -0.05) is 18.5 Å². The molecule has 0 atom stereocenters. The van der Waals surface area contributed by atoms with Crippen LogP contribution in [0.4, 0.5) is 0 Å². The number of nitrogens with zero attached hydrogens (tertiary/aromatic N) is 3. The number of hydrogen-bond donors (Lipinski definition) is 1. The molecule has 0 bridgehead atoms. The van der Waals surface area contributed by atoms with Crippen LogP contribution >= 0.6 is 23.8 Å². The molecule has 0 unspecified atom stereocenters. The second kappa shape index (κ2) is 8.12. The van der Waals surface area contributed by atoms with Gasteiger partial charge in [0.1, 0.15) is 5.82 Å². The number of hydrogen-bond acceptors (Lipinski definition) is 5. The Bertz CT molecular complexity index is 754. The summed E-state index contributed by atoms with van der Waals surface area (Å²) in [5.74, 6) is 1.83. The SMILES string of the molecule is CCCOc1c(Cl)cc(/C=N\n2c(C)n[nH]c2=S)cc1OCC. The van der Waals surface area contributed by atoms with Crippen molar-refractivity contribution in [1.29, 1.82) is 0 Å². The van der Waals surface area contributed by atoms with E-state index in [-0.39, 0.29) is 0 Å². The fourth-order valence-corrected chi connectivity index (χ4v) is 2.40. The predicted octanol–water partition coefficient (Wildman–Crippen LogP) is 3.97. The third kappa shape index (κ3) is 4.33. The Kier molecular flexibility index (Phi) is 6.18. The molecule has 0 radical (unpaired) electrons. The van der Waals surface area contributed by atoms with Crippen molar-refractivity contribution in [2.75, 3.05) is 13.2 Å². The van der Waals surface area contributed by atoms with Crippen LogP contribution in [0.5, 0.6) is 11.5 Å². The number of aromatic nitrogens is 3. The van der Waals surface area contributed by atoms with Crippen molar-refractivity contribution in [1.82, 2.24) is 14.9 Å². The Labute approximate surface area is 145 Å². The Morgan fingerprint density at radius 3 is 2.78 bits per heavy atom. The molecule has 0 saturated heterocycles. The van der Waals surface area contributed by atoms with Gasteiger partial charge in [-0.15, -0.1) is 0 Å². The number of halogens is 1. The van der Waals surface area contributed by atoms with Crippen LogP contribution in [0, 0.1) is 11.7 Å². The van der Waals surface area contributed by atoms with Gasteiger partial charge in [0.05, 0.1) is 24.5 Å². The fraction of sp³-hybridized carbons (Fsp3) is 0.400. The van der Waals surface area contributed by atoms with E-state index in [9.17, 15) is 0 Å². The normalized spacial score (nSPS) is 11.1. The number of rotatable bonds is 7. The highest BCUT2D eigenvalue weighted by molar-refractivity contribution is 7.71. The van der Waals surface area contributed by atoms with Crippen molar-refractivity contribution in [3.05, 3.63) is 33.3 Å². The Morgan fingerprint density at radius 2 is 2.17 bits per heavy atom. The molecule has 23 heavy (non-hydrogen) atoms. The molecule has 1 aromatic heterocycles. The zero-order valence-electron chi connectivity index (χ0n) is 13.3. The lowest BCUT2D eigenvalue weighted by atomic mass is 10.2. The van der Waals surface area contributed by atoms with Crippen LogP contribution in [-0.4, -0.2) is 34.3 Å². The minimum atomic E-state index is 0.428. The second-order valence-corrected chi connectivity index (χ2v) is 5.54.